The summed E-state index contributed by atoms with van der Waals surface area (Å²) >= 11 is 0. The fourth-order valence-electron chi connectivity index (χ4n) is 4.39. The van der Waals surface area contributed by atoms with E-state index in [2.05, 4.69) is 32.9 Å². The maximum atomic E-state index is 13.6. The second-order valence-electron chi connectivity index (χ2n) is 10.1. The Balaban J connectivity index is 1.76. The normalized spacial score (nSPS) is 11.0. The van der Waals surface area contributed by atoms with Crippen LogP contribution in [-0.2, 0) is 31.4 Å². The quantitative estimate of drug-likeness (QED) is 0.274. The van der Waals surface area contributed by atoms with E-state index in [1.807, 2.05) is 77.3 Å². The molecule has 36 heavy (non-hydrogen) atoms. The monoisotopic (exact) mass is 487 g/mol. The summed E-state index contributed by atoms with van der Waals surface area (Å²) in [6.07, 6.45) is 6.59. The molecule has 1 heterocycles. The third-order valence-corrected chi connectivity index (χ3v) is 6.44. The van der Waals surface area contributed by atoms with E-state index in [1.54, 1.807) is 4.90 Å². The van der Waals surface area contributed by atoms with Gasteiger partial charge in [0.1, 0.15) is 6.54 Å². The standard InChI is InChI=1S/C31H41N3O2/c1-5-6-8-12-26-16-18-28(19-17-26)31(36)34(21-25(2)3)24-30(35)33(22-27-13-9-7-10-14-27)23-29-15-11-20-32(29)4/h7,9-11,13-20,25H,5-6,8,12,21-24H2,1-4H3. The van der Waals surface area contributed by atoms with Gasteiger partial charge in [-0.2, -0.15) is 0 Å². The summed E-state index contributed by atoms with van der Waals surface area (Å²) in [6, 6.07) is 22.0. The van der Waals surface area contributed by atoms with Crippen LogP contribution >= 0.6 is 0 Å². The Bertz CT molecular complexity index is 1090. The summed E-state index contributed by atoms with van der Waals surface area (Å²) in [7, 11) is 1.99. The molecule has 0 saturated heterocycles. The van der Waals surface area contributed by atoms with Gasteiger partial charge in [0, 0.05) is 37.6 Å². The van der Waals surface area contributed by atoms with Gasteiger partial charge in [0.05, 0.1) is 6.54 Å². The molecule has 5 heteroatoms. The summed E-state index contributed by atoms with van der Waals surface area (Å²) in [5, 5.41) is 0. The first-order chi connectivity index (χ1) is 17.4. The molecule has 1 aromatic heterocycles. The Morgan fingerprint density at radius 1 is 0.833 bits per heavy atom. The number of aryl methyl sites for hydroxylation is 2. The number of carbonyl (C=O) groups excluding carboxylic acids is 2. The predicted molar refractivity (Wildman–Crippen MR) is 147 cm³/mol. The third kappa shape index (κ3) is 8.11. The Hall–Kier alpha value is -3.34. The predicted octanol–water partition coefficient (Wildman–Crippen LogP) is 6.09. The molecule has 0 atom stereocenters. The highest BCUT2D eigenvalue weighted by atomic mass is 16.2. The van der Waals surface area contributed by atoms with Crippen LogP contribution in [0.25, 0.3) is 0 Å². The van der Waals surface area contributed by atoms with Crippen molar-refractivity contribution in [1.82, 2.24) is 14.4 Å². The molecule has 0 radical (unpaired) electrons. The van der Waals surface area contributed by atoms with Crippen LogP contribution in [0.4, 0.5) is 0 Å². The molecule has 3 aromatic rings. The first kappa shape index (κ1) is 27.3. The van der Waals surface area contributed by atoms with Crippen LogP contribution in [0.2, 0.25) is 0 Å². The second-order valence-corrected chi connectivity index (χ2v) is 10.1. The Kier molecular flexibility index (Phi) is 10.3. The molecule has 192 valence electrons. The highest BCUT2D eigenvalue weighted by molar-refractivity contribution is 5.96. The number of aromatic nitrogens is 1. The van der Waals surface area contributed by atoms with Crippen molar-refractivity contribution < 1.29 is 9.59 Å². The van der Waals surface area contributed by atoms with Gasteiger partial charge in [-0.05, 0) is 54.2 Å². The van der Waals surface area contributed by atoms with Crippen molar-refractivity contribution in [2.75, 3.05) is 13.1 Å². The van der Waals surface area contributed by atoms with Crippen LogP contribution in [0.1, 0.15) is 67.2 Å². The van der Waals surface area contributed by atoms with Crippen molar-refractivity contribution in [1.29, 1.82) is 0 Å². The van der Waals surface area contributed by atoms with E-state index < -0.39 is 0 Å². The molecule has 2 aromatic carbocycles. The average molecular weight is 488 g/mol. The van der Waals surface area contributed by atoms with Crippen molar-refractivity contribution in [2.24, 2.45) is 13.0 Å². The van der Waals surface area contributed by atoms with Crippen molar-refractivity contribution in [2.45, 2.75) is 59.5 Å². The molecule has 0 aliphatic heterocycles. The van der Waals surface area contributed by atoms with E-state index in [1.165, 1.54) is 18.4 Å². The molecule has 0 aliphatic carbocycles. The molecule has 3 rings (SSSR count). The number of carbonyl (C=O) groups is 2. The fourth-order valence-corrected chi connectivity index (χ4v) is 4.39. The lowest BCUT2D eigenvalue weighted by atomic mass is 10.0. The van der Waals surface area contributed by atoms with Gasteiger partial charge in [0.25, 0.3) is 5.91 Å². The van der Waals surface area contributed by atoms with Crippen LogP contribution < -0.4 is 0 Å². The smallest absolute Gasteiger partial charge is 0.254 e. The first-order valence-electron chi connectivity index (χ1n) is 13.2. The minimum absolute atomic E-state index is 0.0507. The Morgan fingerprint density at radius 2 is 1.56 bits per heavy atom. The van der Waals surface area contributed by atoms with Gasteiger partial charge < -0.3 is 14.4 Å². The molecule has 0 unspecified atom stereocenters. The van der Waals surface area contributed by atoms with Gasteiger partial charge in [0.15, 0.2) is 0 Å². The summed E-state index contributed by atoms with van der Waals surface area (Å²) < 4.78 is 2.03. The minimum Gasteiger partial charge on any atom is -0.353 e. The summed E-state index contributed by atoms with van der Waals surface area (Å²) in [4.78, 5) is 30.7. The van der Waals surface area contributed by atoms with E-state index in [4.69, 9.17) is 0 Å². The highest BCUT2D eigenvalue weighted by Gasteiger charge is 2.24. The van der Waals surface area contributed by atoms with Gasteiger partial charge in [-0.25, -0.2) is 0 Å². The van der Waals surface area contributed by atoms with E-state index in [0.29, 0.717) is 25.2 Å². The van der Waals surface area contributed by atoms with Crippen LogP contribution in [0.15, 0.2) is 72.9 Å². The summed E-state index contributed by atoms with van der Waals surface area (Å²) in [5.41, 5.74) is 4.02. The molecule has 5 nitrogen and oxygen atoms in total. The van der Waals surface area contributed by atoms with Gasteiger partial charge in [-0.1, -0.05) is 76.1 Å². The second kappa shape index (κ2) is 13.7. The molecule has 2 amide bonds. The number of hydrogen-bond acceptors (Lipinski definition) is 2. The topological polar surface area (TPSA) is 45.6 Å². The van der Waals surface area contributed by atoms with Crippen molar-refractivity contribution in [3.8, 4) is 0 Å². The molecule has 0 saturated carbocycles. The van der Waals surface area contributed by atoms with Gasteiger partial charge in [-0.3, -0.25) is 9.59 Å². The minimum atomic E-state index is -0.0873. The lowest BCUT2D eigenvalue weighted by Crippen LogP contribution is -2.44. The van der Waals surface area contributed by atoms with E-state index in [0.717, 1.165) is 24.1 Å². The number of rotatable bonds is 13. The zero-order chi connectivity index (χ0) is 25.9. The van der Waals surface area contributed by atoms with Gasteiger partial charge in [0.2, 0.25) is 5.91 Å². The zero-order valence-corrected chi connectivity index (χ0v) is 22.3. The molecule has 0 spiro atoms. The Labute approximate surface area is 216 Å². The molecule has 0 fully saturated rings. The van der Waals surface area contributed by atoms with Crippen LogP contribution in [0.5, 0.6) is 0 Å². The number of hydrogen-bond donors (Lipinski definition) is 0. The third-order valence-electron chi connectivity index (χ3n) is 6.44. The number of amides is 2. The SMILES string of the molecule is CCCCCc1ccc(C(=O)N(CC(=O)N(Cc2ccccc2)Cc2cccn2C)CC(C)C)cc1. The molecular formula is C31H41N3O2. The highest BCUT2D eigenvalue weighted by Crippen LogP contribution is 2.15. The Morgan fingerprint density at radius 3 is 2.17 bits per heavy atom. The van der Waals surface area contributed by atoms with Gasteiger partial charge >= 0.3 is 0 Å². The van der Waals surface area contributed by atoms with Crippen molar-refractivity contribution in [3.05, 3.63) is 95.3 Å². The van der Waals surface area contributed by atoms with E-state index in [-0.39, 0.29) is 24.3 Å². The number of unbranched alkanes of at least 4 members (excludes halogenated alkanes) is 2. The lowest BCUT2D eigenvalue weighted by Gasteiger charge is -2.29. The first-order valence-corrected chi connectivity index (χ1v) is 13.2. The molecule has 0 bridgehead atoms. The molecule has 0 N–H and O–H groups in total. The summed E-state index contributed by atoms with van der Waals surface area (Å²) in [6.45, 7) is 7.95. The van der Waals surface area contributed by atoms with Crippen molar-refractivity contribution >= 4 is 11.8 Å². The fraction of sp³-hybridized carbons (Fsp3) is 0.419. The molecule has 0 aliphatic rings. The van der Waals surface area contributed by atoms with Crippen molar-refractivity contribution in [3.63, 3.8) is 0 Å². The maximum absolute atomic E-state index is 13.6. The van der Waals surface area contributed by atoms with Crippen LogP contribution in [0, 0.1) is 5.92 Å². The summed E-state index contributed by atoms with van der Waals surface area (Å²) in [5.74, 6) is 0.117. The zero-order valence-electron chi connectivity index (χ0n) is 22.3. The average Bonchev–Trinajstić information content (AvgIpc) is 3.28. The van der Waals surface area contributed by atoms with Crippen LogP contribution in [0.3, 0.4) is 0 Å². The number of benzene rings is 2. The van der Waals surface area contributed by atoms with Gasteiger partial charge in [-0.15, -0.1) is 0 Å². The van der Waals surface area contributed by atoms with E-state index in [9.17, 15) is 9.59 Å². The van der Waals surface area contributed by atoms with E-state index >= 15 is 0 Å². The number of nitrogens with zero attached hydrogens (tertiary/aromatic N) is 3. The maximum Gasteiger partial charge on any atom is 0.254 e. The van der Waals surface area contributed by atoms with Crippen LogP contribution in [-0.4, -0.2) is 39.3 Å². The largest absolute Gasteiger partial charge is 0.353 e. The lowest BCUT2D eigenvalue weighted by molar-refractivity contribution is -0.133. The molecular weight excluding hydrogens is 446 g/mol.